The van der Waals surface area contributed by atoms with E-state index in [4.69, 9.17) is 13.9 Å². The summed E-state index contributed by atoms with van der Waals surface area (Å²) in [5, 5.41) is 0. The van der Waals surface area contributed by atoms with Gasteiger partial charge in [-0.2, -0.15) is 0 Å². The van der Waals surface area contributed by atoms with E-state index in [-0.39, 0.29) is 31.2 Å². The Kier molecular flexibility index (Phi) is 4.74. The average molecular weight is 435 g/mol. The molecule has 0 saturated carbocycles. The van der Waals surface area contributed by atoms with Gasteiger partial charge in [0.15, 0.2) is 17.0 Å². The smallest absolute Gasteiger partial charge is 0.373 e. The minimum Gasteiger partial charge on any atom is -0.463 e. The summed E-state index contributed by atoms with van der Waals surface area (Å²) >= 11 is 0. The van der Waals surface area contributed by atoms with Crippen LogP contribution in [0.5, 0.6) is 11.5 Å². The number of pyridine rings is 1. The van der Waals surface area contributed by atoms with Gasteiger partial charge in [0.2, 0.25) is 12.6 Å². The second-order valence-electron chi connectivity index (χ2n) is 7.08. The summed E-state index contributed by atoms with van der Waals surface area (Å²) in [6, 6.07) is 11.6. The molecule has 0 unspecified atom stereocenters. The Hall–Kier alpha value is -4.34. The molecule has 0 radical (unpaired) electrons. The van der Waals surface area contributed by atoms with Crippen LogP contribution in [0.2, 0.25) is 0 Å². The zero-order valence-corrected chi connectivity index (χ0v) is 16.9. The van der Waals surface area contributed by atoms with Crippen LogP contribution in [0.15, 0.2) is 62.7 Å². The molecular weight excluding hydrogens is 418 g/mol. The summed E-state index contributed by atoms with van der Waals surface area (Å²) in [5.41, 5.74) is 0.160. The second kappa shape index (κ2) is 7.73. The molecule has 10 nitrogen and oxygen atoms in total. The predicted molar refractivity (Wildman–Crippen MR) is 111 cm³/mol. The van der Waals surface area contributed by atoms with Gasteiger partial charge in [-0.15, -0.1) is 0 Å². The van der Waals surface area contributed by atoms with E-state index in [1.165, 1.54) is 23.9 Å². The van der Waals surface area contributed by atoms with Crippen LogP contribution >= 0.6 is 0 Å². The molecule has 4 aromatic rings. The van der Waals surface area contributed by atoms with Crippen LogP contribution in [-0.4, -0.2) is 34.0 Å². The van der Waals surface area contributed by atoms with Gasteiger partial charge in [0.25, 0.3) is 5.56 Å². The average Bonchev–Trinajstić information content (AvgIpc) is 3.48. The van der Waals surface area contributed by atoms with Crippen LogP contribution in [-0.2, 0) is 17.8 Å². The molecule has 0 fully saturated rings. The number of hydrogen-bond donors (Lipinski definition) is 0. The van der Waals surface area contributed by atoms with Crippen molar-refractivity contribution in [2.45, 2.75) is 13.1 Å². The monoisotopic (exact) mass is 435 g/mol. The zero-order chi connectivity index (χ0) is 22.2. The number of hydrogen-bond acceptors (Lipinski definition) is 8. The van der Waals surface area contributed by atoms with Crippen molar-refractivity contribution >= 4 is 17.0 Å². The first-order valence-electron chi connectivity index (χ1n) is 9.69. The van der Waals surface area contributed by atoms with E-state index in [2.05, 4.69) is 9.72 Å². The highest BCUT2D eigenvalue weighted by atomic mass is 16.7. The molecule has 32 heavy (non-hydrogen) atoms. The number of furan rings is 1. The van der Waals surface area contributed by atoms with Crippen LogP contribution in [0.25, 0.3) is 11.0 Å². The van der Waals surface area contributed by atoms with Gasteiger partial charge in [-0.25, -0.2) is 14.6 Å². The number of nitrogens with zero attached hydrogens (tertiary/aromatic N) is 3. The summed E-state index contributed by atoms with van der Waals surface area (Å²) in [6.07, 6.45) is 1.49. The first-order valence-corrected chi connectivity index (χ1v) is 9.69. The number of benzene rings is 1. The molecule has 0 atom stereocenters. The van der Waals surface area contributed by atoms with Gasteiger partial charge in [-0.3, -0.25) is 13.9 Å². The lowest BCUT2D eigenvalue weighted by Gasteiger charge is -2.13. The molecule has 1 aromatic carbocycles. The first kappa shape index (κ1) is 19.6. The second-order valence-corrected chi connectivity index (χ2v) is 7.08. The van der Waals surface area contributed by atoms with E-state index in [0.29, 0.717) is 28.3 Å². The van der Waals surface area contributed by atoms with E-state index >= 15 is 0 Å². The number of ether oxygens (including phenoxy) is 3. The Balaban J connectivity index is 1.60. The molecule has 1 aliphatic rings. The van der Waals surface area contributed by atoms with E-state index in [0.717, 1.165) is 4.57 Å². The third-order valence-corrected chi connectivity index (χ3v) is 5.13. The first-order chi connectivity index (χ1) is 15.5. The molecule has 5 rings (SSSR count). The lowest BCUT2D eigenvalue weighted by molar-refractivity contribution is 0.0563. The lowest BCUT2D eigenvalue weighted by Crippen LogP contribution is -2.40. The number of carbonyl (C=O) groups excluding carboxylic acids is 1. The van der Waals surface area contributed by atoms with Gasteiger partial charge in [-0.1, -0.05) is 6.07 Å². The maximum Gasteiger partial charge on any atom is 0.373 e. The highest BCUT2D eigenvalue weighted by Crippen LogP contribution is 2.32. The Bertz CT molecular complexity index is 1460. The van der Waals surface area contributed by atoms with Gasteiger partial charge < -0.3 is 18.6 Å². The van der Waals surface area contributed by atoms with Crippen LogP contribution < -0.4 is 20.7 Å². The maximum absolute atomic E-state index is 13.4. The van der Waals surface area contributed by atoms with Crippen molar-refractivity contribution in [1.29, 1.82) is 0 Å². The molecule has 10 heteroatoms. The van der Waals surface area contributed by atoms with E-state index in [9.17, 15) is 14.4 Å². The van der Waals surface area contributed by atoms with Gasteiger partial charge >= 0.3 is 11.7 Å². The third-order valence-electron chi connectivity index (χ3n) is 5.13. The molecule has 0 saturated heterocycles. The number of methoxy groups -OCH3 is 1. The minimum atomic E-state index is -0.622. The molecular formula is C22H17N3O7. The van der Waals surface area contributed by atoms with E-state index in [1.807, 2.05) is 0 Å². The fraction of sp³-hybridized carbons (Fsp3) is 0.182. The Labute approximate surface area is 180 Å². The highest BCUT2D eigenvalue weighted by molar-refractivity contribution is 5.86. The lowest BCUT2D eigenvalue weighted by atomic mass is 10.2. The van der Waals surface area contributed by atoms with Gasteiger partial charge in [0.05, 0.1) is 25.7 Å². The minimum absolute atomic E-state index is 0.000556. The van der Waals surface area contributed by atoms with Crippen molar-refractivity contribution in [3.63, 3.8) is 0 Å². The van der Waals surface area contributed by atoms with Crippen molar-refractivity contribution in [1.82, 2.24) is 14.1 Å². The fourth-order valence-corrected chi connectivity index (χ4v) is 3.59. The highest BCUT2D eigenvalue weighted by Gasteiger charge is 2.19. The quantitative estimate of drug-likeness (QED) is 0.436. The van der Waals surface area contributed by atoms with Crippen LogP contribution in [0.3, 0.4) is 0 Å². The number of aromatic nitrogens is 3. The standard InChI is InChI=1S/C22H17N3O7/c1-29-21(27)17-7-5-14(32-17)11-24-15-3-2-8-23-19(15)20(26)25(22(24)28)10-13-4-6-16-18(9-13)31-12-30-16/h2-9H,10-12H2,1H3. The number of esters is 1. The Morgan fingerprint density at radius 2 is 1.91 bits per heavy atom. The van der Waals surface area contributed by atoms with Crippen molar-refractivity contribution in [3.8, 4) is 11.5 Å². The van der Waals surface area contributed by atoms with E-state index in [1.54, 1.807) is 36.4 Å². The maximum atomic E-state index is 13.4. The number of carbonyl (C=O) groups is 1. The van der Waals surface area contributed by atoms with Gasteiger partial charge in [0.1, 0.15) is 5.76 Å². The normalized spacial score (nSPS) is 12.3. The molecule has 0 spiro atoms. The fourth-order valence-electron chi connectivity index (χ4n) is 3.59. The van der Waals surface area contributed by atoms with Crippen molar-refractivity contribution in [3.05, 3.63) is 86.6 Å². The van der Waals surface area contributed by atoms with Crippen molar-refractivity contribution in [2.24, 2.45) is 0 Å². The van der Waals surface area contributed by atoms with Gasteiger partial charge in [-0.05, 0) is 42.0 Å². The van der Waals surface area contributed by atoms with Crippen LogP contribution in [0.1, 0.15) is 21.9 Å². The molecule has 162 valence electrons. The van der Waals surface area contributed by atoms with Crippen molar-refractivity contribution in [2.75, 3.05) is 13.9 Å². The van der Waals surface area contributed by atoms with Crippen LogP contribution in [0, 0.1) is 0 Å². The zero-order valence-electron chi connectivity index (χ0n) is 16.9. The summed E-state index contributed by atoms with van der Waals surface area (Å²) in [7, 11) is 1.25. The predicted octanol–water partition coefficient (Wildman–Crippen LogP) is 1.76. The SMILES string of the molecule is COC(=O)c1ccc(Cn2c(=O)n(Cc3ccc4c(c3)OCO4)c(=O)c3ncccc32)o1. The molecule has 4 heterocycles. The summed E-state index contributed by atoms with van der Waals surface area (Å²) in [4.78, 5) is 42.3. The number of rotatable bonds is 5. The largest absolute Gasteiger partial charge is 0.463 e. The van der Waals surface area contributed by atoms with Crippen LogP contribution in [0.4, 0.5) is 0 Å². The molecule has 0 amide bonds. The number of fused-ring (bicyclic) bond motifs is 2. The summed E-state index contributed by atoms with van der Waals surface area (Å²) in [6.45, 7) is 0.147. The molecule has 1 aliphatic heterocycles. The Morgan fingerprint density at radius 3 is 2.75 bits per heavy atom. The topological polar surface area (TPSA) is 115 Å². The molecule has 0 bridgehead atoms. The summed E-state index contributed by atoms with van der Waals surface area (Å²) < 4.78 is 23.4. The molecule has 0 N–H and O–H groups in total. The molecule has 0 aliphatic carbocycles. The Morgan fingerprint density at radius 1 is 1.06 bits per heavy atom. The van der Waals surface area contributed by atoms with Crippen molar-refractivity contribution < 1.29 is 23.4 Å². The van der Waals surface area contributed by atoms with Gasteiger partial charge in [0, 0.05) is 6.20 Å². The molecule has 3 aromatic heterocycles. The van der Waals surface area contributed by atoms with E-state index < -0.39 is 17.2 Å². The third kappa shape index (κ3) is 3.31. The summed E-state index contributed by atoms with van der Waals surface area (Å²) in [5.74, 6) is 0.916.